The molecular formula is C16H25NO2. The summed E-state index contributed by atoms with van der Waals surface area (Å²) in [5, 5.41) is 9.61. The normalized spacial score (nSPS) is 16.9. The van der Waals surface area contributed by atoms with E-state index in [1.54, 1.807) is 7.11 Å². The quantitative estimate of drug-likeness (QED) is 0.886. The number of hydrogen-bond acceptors (Lipinski definition) is 3. The maximum absolute atomic E-state index is 9.61. The van der Waals surface area contributed by atoms with Gasteiger partial charge in [-0.2, -0.15) is 0 Å². The maximum atomic E-state index is 9.61. The summed E-state index contributed by atoms with van der Waals surface area (Å²) in [6.07, 6.45) is 3.49. The summed E-state index contributed by atoms with van der Waals surface area (Å²) in [4.78, 5) is 2.23. The van der Waals surface area contributed by atoms with E-state index in [1.165, 1.54) is 12.0 Å². The molecule has 1 aliphatic carbocycles. The smallest absolute Gasteiger partial charge is 0.145 e. The number of benzene rings is 1. The number of nitrogens with zero attached hydrogens (tertiary/aromatic N) is 1. The Morgan fingerprint density at radius 1 is 1.32 bits per heavy atom. The molecule has 0 aliphatic heterocycles. The Kier molecular flexibility index (Phi) is 4.04. The number of aliphatic hydroxyl groups is 1. The Balaban J connectivity index is 2.25. The van der Waals surface area contributed by atoms with Gasteiger partial charge in [0.05, 0.1) is 19.4 Å². The Labute approximate surface area is 116 Å². The van der Waals surface area contributed by atoms with E-state index in [4.69, 9.17) is 4.74 Å². The van der Waals surface area contributed by atoms with Crippen molar-refractivity contribution in [2.45, 2.75) is 33.1 Å². The molecule has 1 aromatic rings. The van der Waals surface area contributed by atoms with Gasteiger partial charge in [0.25, 0.3) is 0 Å². The van der Waals surface area contributed by atoms with Gasteiger partial charge in [0.1, 0.15) is 5.75 Å². The molecule has 0 amide bonds. The first kappa shape index (κ1) is 14.2. The van der Waals surface area contributed by atoms with Gasteiger partial charge in [-0.3, -0.25) is 0 Å². The molecule has 106 valence electrons. The summed E-state index contributed by atoms with van der Waals surface area (Å²) in [6, 6.07) is 4.30. The molecule has 0 atom stereocenters. The van der Waals surface area contributed by atoms with Crippen molar-refractivity contribution in [2.24, 2.45) is 5.41 Å². The fourth-order valence-electron chi connectivity index (χ4n) is 3.11. The minimum absolute atomic E-state index is 0.0947. The fraction of sp³-hybridized carbons (Fsp3) is 0.625. The number of aliphatic hydroxyl groups excluding tert-OH is 1. The second kappa shape index (κ2) is 5.41. The number of methoxy groups -OCH3 is 1. The van der Waals surface area contributed by atoms with Crippen molar-refractivity contribution in [3.63, 3.8) is 0 Å². The van der Waals surface area contributed by atoms with Gasteiger partial charge in [0, 0.05) is 19.0 Å². The molecular weight excluding hydrogens is 238 g/mol. The molecule has 0 heterocycles. The number of aryl methyl sites for hydroxylation is 2. The van der Waals surface area contributed by atoms with E-state index in [2.05, 4.69) is 37.9 Å². The Hall–Kier alpha value is -1.22. The molecule has 1 N–H and O–H groups in total. The average Bonchev–Trinajstić information content (AvgIpc) is 2.32. The molecule has 1 aromatic carbocycles. The number of ether oxygens (including phenoxy) is 1. The van der Waals surface area contributed by atoms with Gasteiger partial charge in [0.15, 0.2) is 0 Å². The van der Waals surface area contributed by atoms with Crippen LogP contribution in [0.15, 0.2) is 12.1 Å². The predicted octanol–water partition coefficient (Wildman–Crippen LogP) is 2.91. The van der Waals surface area contributed by atoms with Gasteiger partial charge in [0.2, 0.25) is 0 Å². The lowest BCUT2D eigenvalue weighted by Gasteiger charge is -2.43. The number of hydrogen-bond donors (Lipinski definition) is 1. The van der Waals surface area contributed by atoms with Crippen LogP contribution in [0.2, 0.25) is 0 Å². The van der Waals surface area contributed by atoms with Crippen LogP contribution in [0.25, 0.3) is 0 Å². The highest BCUT2D eigenvalue weighted by atomic mass is 16.5. The summed E-state index contributed by atoms with van der Waals surface area (Å²) in [5.74, 6) is 0.945. The third-order valence-electron chi connectivity index (χ3n) is 4.34. The van der Waals surface area contributed by atoms with Crippen LogP contribution >= 0.6 is 0 Å². The van der Waals surface area contributed by atoms with E-state index in [9.17, 15) is 5.11 Å². The zero-order chi connectivity index (χ0) is 14.0. The van der Waals surface area contributed by atoms with Crippen molar-refractivity contribution < 1.29 is 9.84 Å². The van der Waals surface area contributed by atoms with E-state index in [1.807, 2.05) is 0 Å². The molecule has 0 spiro atoms. The molecule has 0 bridgehead atoms. The van der Waals surface area contributed by atoms with Crippen molar-refractivity contribution in [3.05, 3.63) is 23.3 Å². The largest absolute Gasteiger partial charge is 0.494 e. The molecule has 0 radical (unpaired) electrons. The number of anilines is 1. The van der Waals surface area contributed by atoms with Crippen LogP contribution in [0, 0.1) is 19.3 Å². The molecule has 1 fully saturated rings. The summed E-state index contributed by atoms with van der Waals surface area (Å²) >= 11 is 0. The molecule has 19 heavy (non-hydrogen) atoms. The monoisotopic (exact) mass is 263 g/mol. The molecule has 1 aliphatic rings. The van der Waals surface area contributed by atoms with Gasteiger partial charge in [-0.05, 0) is 43.9 Å². The summed E-state index contributed by atoms with van der Waals surface area (Å²) < 4.78 is 5.55. The first-order chi connectivity index (χ1) is 9.01. The first-order valence-corrected chi connectivity index (χ1v) is 6.98. The first-order valence-electron chi connectivity index (χ1n) is 6.98. The van der Waals surface area contributed by atoms with Crippen LogP contribution in [0.5, 0.6) is 5.75 Å². The highest BCUT2D eigenvalue weighted by Crippen LogP contribution is 2.43. The number of rotatable bonds is 5. The second-order valence-corrected chi connectivity index (χ2v) is 6.00. The van der Waals surface area contributed by atoms with E-state index in [0.717, 1.165) is 36.4 Å². The molecule has 0 saturated heterocycles. The minimum Gasteiger partial charge on any atom is -0.494 e. The highest BCUT2D eigenvalue weighted by molar-refractivity contribution is 5.63. The van der Waals surface area contributed by atoms with Crippen molar-refractivity contribution in [2.75, 3.05) is 32.2 Å². The molecule has 0 unspecified atom stereocenters. The zero-order valence-corrected chi connectivity index (χ0v) is 12.5. The van der Waals surface area contributed by atoms with Crippen LogP contribution in [0.3, 0.4) is 0 Å². The topological polar surface area (TPSA) is 32.7 Å². The third kappa shape index (κ3) is 2.71. The summed E-state index contributed by atoms with van der Waals surface area (Å²) in [6.45, 7) is 5.36. The lowest BCUT2D eigenvalue weighted by Crippen LogP contribution is -2.43. The van der Waals surface area contributed by atoms with E-state index >= 15 is 0 Å². The van der Waals surface area contributed by atoms with Crippen molar-refractivity contribution in [3.8, 4) is 5.75 Å². The lowest BCUT2D eigenvalue weighted by molar-refractivity contribution is 0.0523. The van der Waals surface area contributed by atoms with Crippen molar-refractivity contribution in [1.82, 2.24) is 0 Å². The van der Waals surface area contributed by atoms with Crippen LogP contribution in [-0.4, -0.2) is 32.4 Å². The standard InChI is InChI=1S/C16H25NO2/c1-12-8-13(2)15(19-4)14(9-12)17(3)10-16(11-18)6-5-7-16/h8-9,18H,5-7,10-11H2,1-4H3. The molecule has 3 heteroatoms. The maximum Gasteiger partial charge on any atom is 0.145 e. The highest BCUT2D eigenvalue weighted by Gasteiger charge is 2.37. The van der Waals surface area contributed by atoms with Crippen molar-refractivity contribution in [1.29, 1.82) is 0 Å². The Morgan fingerprint density at radius 2 is 2.00 bits per heavy atom. The average molecular weight is 263 g/mol. The summed E-state index contributed by atoms with van der Waals surface area (Å²) in [5.41, 5.74) is 3.62. The van der Waals surface area contributed by atoms with Gasteiger partial charge < -0.3 is 14.7 Å². The minimum atomic E-state index is 0.0947. The molecule has 1 saturated carbocycles. The van der Waals surface area contributed by atoms with Crippen LogP contribution < -0.4 is 9.64 Å². The Bertz CT molecular complexity index is 447. The van der Waals surface area contributed by atoms with Gasteiger partial charge >= 0.3 is 0 Å². The Morgan fingerprint density at radius 3 is 2.47 bits per heavy atom. The van der Waals surface area contributed by atoms with E-state index in [-0.39, 0.29) is 12.0 Å². The molecule has 3 nitrogen and oxygen atoms in total. The van der Waals surface area contributed by atoms with E-state index in [0.29, 0.717) is 0 Å². The fourth-order valence-corrected chi connectivity index (χ4v) is 3.11. The van der Waals surface area contributed by atoms with Crippen LogP contribution in [-0.2, 0) is 0 Å². The lowest BCUT2D eigenvalue weighted by atomic mass is 9.69. The molecule has 0 aromatic heterocycles. The predicted molar refractivity (Wildman–Crippen MR) is 79.1 cm³/mol. The zero-order valence-electron chi connectivity index (χ0n) is 12.5. The van der Waals surface area contributed by atoms with E-state index < -0.39 is 0 Å². The SMILES string of the molecule is COc1c(C)cc(C)cc1N(C)CC1(CO)CCC1. The van der Waals surface area contributed by atoms with Crippen LogP contribution in [0.4, 0.5) is 5.69 Å². The van der Waals surface area contributed by atoms with Gasteiger partial charge in [-0.1, -0.05) is 12.5 Å². The summed E-state index contributed by atoms with van der Waals surface area (Å²) in [7, 11) is 3.81. The third-order valence-corrected chi connectivity index (χ3v) is 4.34. The van der Waals surface area contributed by atoms with Gasteiger partial charge in [-0.25, -0.2) is 0 Å². The van der Waals surface area contributed by atoms with Crippen molar-refractivity contribution >= 4 is 5.69 Å². The molecule has 2 rings (SSSR count). The van der Waals surface area contributed by atoms with Crippen LogP contribution in [0.1, 0.15) is 30.4 Å². The van der Waals surface area contributed by atoms with Gasteiger partial charge in [-0.15, -0.1) is 0 Å². The second-order valence-electron chi connectivity index (χ2n) is 6.00.